The monoisotopic (exact) mass is 494 g/mol. The zero-order chi connectivity index (χ0) is 24.1. The van der Waals surface area contributed by atoms with E-state index in [1.54, 1.807) is 12.1 Å². The lowest BCUT2D eigenvalue weighted by atomic mass is 9.96. The number of anilines is 1. The molecule has 3 fully saturated rings. The number of hydrogen-bond donors (Lipinski definition) is 1. The second kappa shape index (κ2) is 11.3. The van der Waals surface area contributed by atoms with E-state index in [-0.39, 0.29) is 16.8 Å². The van der Waals surface area contributed by atoms with Crippen LogP contribution in [-0.2, 0) is 19.5 Å². The van der Waals surface area contributed by atoms with Crippen molar-refractivity contribution in [1.82, 2.24) is 14.5 Å². The Morgan fingerprint density at radius 2 is 1.82 bits per heavy atom. The van der Waals surface area contributed by atoms with E-state index < -0.39 is 10.0 Å². The molecule has 3 aliphatic heterocycles. The van der Waals surface area contributed by atoms with Crippen molar-refractivity contribution in [2.45, 2.75) is 36.6 Å². The maximum absolute atomic E-state index is 13.5. The van der Waals surface area contributed by atoms with Gasteiger partial charge in [0.1, 0.15) is 0 Å². The molecule has 4 rings (SSSR count). The van der Waals surface area contributed by atoms with Crippen molar-refractivity contribution in [2.75, 3.05) is 78.1 Å². The SMILES string of the molecule is CN(C)S(=O)(=O)c1ccc(N2CCCCC2)c(C(=O)NCC(C2CCOC2)N2CCOCC2)c1. The first-order valence-electron chi connectivity index (χ1n) is 12.4. The summed E-state index contributed by atoms with van der Waals surface area (Å²) in [6.45, 7) is 6.77. The molecule has 0 radical (unpaired) electrons. The van der Waals surface area contributed by atoms with Crippen molar-refractivity contribution < 1.29 is 22.7 Å². The summed E-state index contributed by atoms with van der Waals surface area (Å²) in [5.41, 5.74) is 1.23. The van der Waals surface area contributed by atoms with Crippen LogP contribution in [0.2, 0.25) is 0 Å². The molecular formula is C24H38N4O5S. The molecule has 0 aromatic heterocycles. The van der Waals surface area contributed by atoms with Gasteiger partial charge in [0.2, 0.25) is 10.0 Å². The van der Waals surface area contributed by atoms with Gasteiger partial charge in [-0.15, -0.1) is 0 Å². The highest BCUT2D eigenvalue weighted by Crippen LogP contribution is 2.28. The quantitative estimate of drug-likeness (QED) is 0.584. The lowest BCUT2D eigenvalue weighted by Gasteiger charge is -2.37. The number of carbonyl (C=O) groups excluding carboxylic acids is 1. The lowest BCUT2D eigenvalue weighted by Crippen LogP contribution is -2.52. The number of piperidine rings is 1. The molecule has 2 atom stereocenters. The van der Waals surface area contributed by atoms with Gasteiger partial charge in [-0.1, -0.05) is 0 Å². The maximum Gasteiger partial charge on any atom is 0.253 e. The number of amides is 1. The molecule has 0 bridgehead atoms. The zero-order valence-electron chi connectivity index (χ0n) is 20.4. The van der Waals surface area contributed by atoms with Crippen LogP contribution in [-0.4, -0.2) is 103 Å². The Hall–Kier alpha value is -1.72. The smallest absolute Gasteiger partial charge is 0.253 e. The van der Waals surface area contributed by atoms with Gasteiger partial charge in [0.15, 0.2) is 0 Å². The number of nitrogens with zero attached hydrogens (tertiary/aromatic N) is 3. The van der Waals surface area contributed by atoms with Crippen molar-refractivity contribution in [2.24, 2.45) is 5.92 Å². The summed E-state index contributed by atoms with van der Waals surface area (Å²) >= 11 is 0. The standard InChI is InChI=1S/C24H38N4O5S/c1-26(2)34(30,31)20-6-7-22(27-9-4-3-5-10-27)21(16-20)24(29)25-17-23(19-8-13-33-18-19)28-11-14-32-15-12-28/h6-7,16,19,23H,3-5,8-15,17-18H2,1-2H3,(H,25,29). The van der Waals surface area contributed by atoms with E-state index in [2.05, 4.69) is 15.1 Å². The summed E-state index contributed by atoms with van der Waals surface area (Å²) < 4.78 is 37.9. The van der Waals surface area contributed by atoms with Gasteiger partial charge in [0.05, 0.1) is 30.3 Å². The summed E-state index contributed by atoms with van der Waals surface area (Å²) in [4.78, 5) is 18.3. The van der Waals surface area contributed by atoms with Crippen LogP contribution in [0.15, 0.2) is 23.1 Å². The number of sulfonamides is 1. The number of carbonyl (C=O) groups is 1. The number of benzene rings is 1. The Morgan fingerprint density at radius 3 is 2.47 bits per heavy atom. The summed E-state index contributed by atoms with van der Waals surface area (Å²) in [5, 5.41) is 3.15. The fourth-order valence-electron chi connectivity index (χ4n) is 5.13. The number of hydrogen-bond acceptors (Lipinski definition) is 7. The molecule has 3 saturated heterocycles. The molecule has 3 aliphatic rings. The minimum atomic E-state index is -3.65. The molecule has 1 N–H and O–H groups in total. The number of morpholine rings is 1. The highest BCUT2D eigenvalue weighted by molar-refractivity contribution is 7.89. The van der Waals surface area contributed by atoms with Crippen LogP contribution >= 0.6 is 0 Å². The van der Waals surface area contributed by atoms with Crippen LogP contribution in [0.4, 0.5) is 5.69 Å². The molecule has 0 aliphatic carbocycles. The number of ether oxygens (including phenoxy) is 2. The molecular weight excluding hydrogens is 456 g/mol. The first kappa shape index (κ1) is 25.4. The van der Waals surface area contributed by atoms with E-state index in [1.807, 2.05) is 0 Å². The maximum atomic E-state index is 13.5. The van der Waals surface area contributed by atoms with Gasteiger partial charge in [-0.2, -0.15) is 0 Å². The topological polar surface area (TPSA) is 91.4 Å². The first-order valence-corrected chi connectivity index (χ1v) is 13.8. The molecule has 34 heavy (non-hydrogen) atoms. The van der Waals surface area contributed by atoms with Gasteiger partial charge < -0.3 is 19.7 Å². The molecule has 9 nitrogen and oxygen atoms in total. The van der Waals surface area contributed by atoms with Crippen molar-refractivity contribution >= 4 is 21.6 Å². The van der Waals surface area contributed by atoms with Crippen molar-refractivity contribution in [3.05, 3.63) is 23.8 Å². The van der Waals surface area contributed by atoms with Gasteiger partial charge in [0, 0.05) is 71.1 Å². The van der Waals surface area contributed by atoms with Crippen LogP contribution in [0.3, 0.4) is 0 Å². The summed E-state index contributed by atoms with van der Waals surface area (Å²) in [5.74, 6) is 0.133. The lowest BCUT2D eigenvalue weighted by molar-refractivity contribution is 0.00166. The Morgan fingerprint density at radius 1 is 1.09 bits per heavy atom. The largest absolute Gasteiger partial charge is 0.381 e. The normalized spacial score (nSPS) is 23.3. The second-order valence-electron chi connectivity index (χ2n) is 9.56. The molecule has 1 aromatic carbocycles. The first-order chi connectivity index (χ1) is 16.4. The molecule has 0 spiro atoms. The van der Waals surface area contributed by atoms with E-state index in [4.69, 9.17) is 9.47 Å². The van der Waals surface area contributed by atoms with Crippen molar-refractivity contribution in [3.63, 3.8) is 0 Å². The molecule has 1 aromatic rings. The summed E-state index contributed by atoms with van der Waals surface area (Å²) in [6, 6.07) is 5.11. The zero-order valence-corrected chi connectivity index (χ0v) is 21.2. The fourth-order valence-corrected chi connectivity index (χ4v) is 6.06. The van der Waals surface area contributed by atoms with Gasteiger partial charge in [-0.3, -0.25) is 9.69 Å². The van der Waals surface area contributed by atoms with E-state index >= 15 is 0 Å². The van der Waals surface area contributed by atoms with Crippen molar-refractivity contribution in [3.8, 4) is 0 Å². The Labute approximate surface area is 203 Å². The third-order valence-corrected chi connectivity index (χ3v) is 8.99. The molecule has 1 amide bonds. The van der Waals surface area contributed by atoms with E-state index in [9.17, 15) is 13.2 Å². The summed E-state index contributed by atoms with van der Waals surface area (Å²) in [6.07, 6.45) is 4.29. The third kappa shape index (κ3) is 5.73. The number of nitrogens with one attached hydrogen (secondary N) is 1. The highest BCUT2D eigenvalue weighted by atomic mass is 32.2. The predicted molar refractivity (Wildman–Crippen MR) is 131 cm³/mol. The van der Waals surface area contributed by atoms with Gasteiger partial charge in [-0.25, -0.2) is 12.7 Å². The fraction of sp³-hybridized carbons (Fsp3) is 0.708. The van der Waals surface area contributed by atoms with Crippen LogP contribution < -0.4 is 10.2 Å². The average Bonchev–Trinajstić information content (AvgIpc) is 3.39. The minimum absolute atomic E-state index is 0.136. The van der Waals surface area contributed by atoms with Gasteiger partial charge >= 0.3 is 0 Å². The predicted octanol–water partition coefficient (Wildman–Crippen LogP) is 1.39. The highest BCUT2D eigenvalue weighted by Gasteiger charge is 2.32. The van der Waals surface area contributed by atoms with E-state index in [1.165, 1.54) is 30.9 Å². The Balaban J connectivity index is 1.57. The molecule has 190 valence electrons. The summed E-state index contributed by atoms with van der Waals surface area (Å²) in [7, 11) is -0.637. The van der Waals surface area contributed by atoms with Gasteiger partial charge in [0.25, 0.3) is 5.91 Å². The molecule has 2 unspecified atom stereocenters. The minimum Gasteiger partial charge on any atom is -0.381 e. The van der Waals surface area contributed by atoms with Crippen molar-refractivity contribution in [1.29, 1.82) is 0 Å². The number of rotatable bonds is 8. The van der Waals surface area contributed by atoms with Gasteiger partial charge in [-0.05, 0) is 43.9 Å². The Bertz CT molecular complexity index is 937. The average molecular weight is 495 g/mol. The second-order valence-corrected chi connectivity index (χ2v) is 11.7. The van der Waals surface area contributed by atoms with E-state index in [0.717, 1.165) is 57.7 Å². The molecule has 10 heteroatoms. The molecule has 0 saturated carbocycles. The Kier molecular flexibility index (Phi) is 8.47. The van der Waals surface area contributed by atoms with Crippen LogP contribution in [0.25, 0.3) is 0 Å². The third-order valence-electron chi connectivity index (χ3n) is 7.18. The van der Waals surface area contributed by atoms with Crippen LogP contribution in [0, 0.1) is 5.92 Å². The molecule has 3 heterocycles. The van der Waals surface area contributed by atoms with E-state index in [0.29, 0.717) is 37.8 Å². The van der Waals surface area contributed by atoms with Crippen LogP contribution in [0.1, 0.15) is 36.0 Å². The van der Waals surface area contributed by atoms with Crippen LogP contribution in [0.5, 0.6) is 0 Å².